The van der Waals surface area contributed by atoms with Crippen LogP contribution in [0.5, 0.6) is 0 Å². The molecule has 0 radical (unpaired) electrons. The lowest BCUT2D eigenvalue weighted by atomic mass is 10.2. The lowest BCUT2D eigenvalue weighted by Crippen LogP contribution is -2.03. The van der Waals surface area contributed by atoms with Crippen molar-refractivity contribution in [3.63, 3.8) is 0 Å². The fourth-order valence-electron chi connectivity index (χ4n) is 1.23. The third-order valence-electron chi connectivity index (χ3n) is 1.98. The molecule has 0 unspecified atom stereocenters. The van der Waals surface area contributed by atoms with Gasteiger partial charge in [0.05, 0.1) is 16.6 Å². The van der Waals surface area contributed by atoms with Crippen LogP contribution < -0.4 is 5.73 Å². The number of anilines is 1. The zero-order chi connectivity index (χ0) is 10.8. The van der Waals surface area contributed by atoms with E-state index in [-0.39, 0.29) is 0 Å². The molecule has 15 heavy (non-hydrogen) atoms. The summed E-state index contributed by atoms with van der Waals surface area (Å²) in [6, 6.07) is 3.37. The van der Waals surface area contributed by atoms with Gasteiger partial charge in [-0.25, -0.2) is 9.67 Å². The Morgan fingerprint density at radius 1 is 1.27 bits per heavy atom. The van der Waals surface area contributed by atoms with Crippen LogP contribution in [0.15, 0.2) is 24.8 Å². The van der Waals surface area contributed by atoms with Crippen molar-refractivity contribution >= 4 is 28.9 Å². The molecule has 6 heteroatoms. The van der Waals surface area contributed by atoms with E-state index in [0.29, 0.717) is 22.3 Å². The highest BCUT2D eigenvalue weighted by molar-refractivity contribution is 6.42. The lowest BCUT2D eigenvalue weighted by molar-refractivity contribution is 0.686. The topological polar surface area (TPSA) is 56.7 Å². The van der Waals surface area contributed by atoms with E-state index in [0.717, 1.165) is 5.56 Å². The van der Waals surface area contributed by atoms with Gasteiger partial charge in [0.1, 0.15) is 12.7 Å². The van der Waals surface area contributed by atoms with E-state index < -0.39 is 0 Å². The highest BCUT2D eigenvalue weighted by Crippen LogP contribution is 2.27. The quantitative estimate of drug-likeness (QED) is 0.822. The third kappa shape index (κ3) is 2.22. The van der Waals surface area contributed by atoms with Crippen LogP contribution >= 0.6 is 23.2 Å². The van der Waals surface area contributed by atoms with Crippen molar-refractivity contribution in [1.82, 2.24) is 14.8 Å². The molecular formula is C9H8Cl2N4. The van der Waals surface area contributed by atoms with Gasteiger partial charge in [0.15, 0.2) is 0 Å². The van der Waals surface area contributed by atoms with Gasteiger partial charge in [0.25, 0.3) is 0 Å². The lowest BCUT2D eigenvalue weighted by Gasteiger charge is -2.07. The van der Waals surface area contributed by atoms with Gasteiger partial charge in [0, 0.05) is 5.69 Å². The number of benzene rings is 1. The van der Waals surface area contributed by atoms with E-state index in [4.69, 9.17) is 28.9 Å². The maximum absolute atomic E-state index is 5.89. The summed E-state index contributed by atoms with van der Waals surface area (Å²) in [6.45, 7) is 0.530. The summed E-state index contributed by atoms with van der Waals surface area (Å²) in [4.78, 5) is 3.84. The molecule has 0 aliphatic heterocycles. The molecule has 0 saturated heterocycles. The second kappa shape index (κ2) is 4.08. The molecule has 78 valence electrons. The van der Waals surface area contributed by atoms with Crippen molar-refractivity contribution in [3.8, 4) is 0 Å². The van der Waals surface area contributed by atoms with Crippen LogP contribution in [-0.4, -0.2) is 14.8 Å². The number of rotatable bonds is 2. The highest BCUT2D eigenvalue weighted by Gasteiger charge is 2.05. The van der Waals surface area contributed by atoms with Crippen LogP contribution in [-0.2, 0) is 6.54 Å². The number of halogens is 2. The first kappa shape index (κ1) is 10.3. The van der Waals surface area contributed by atoms with Crippen LogP contribution in [0.4, 0.5) is 5.69 Å². The van der Waals surface area contributed by atoms with Crippen molar-refractivity contribution < 1.29 is 0 Å². The molecule has 1 aromatic heterocycles. The first-order valence-electron chi connectivity index (χ1n) is 4.22. The number of hydrogen-bond donors (Lipinski definition) is 1. The summed E-state index contributed by atoms with van der Waals surface area (Å²) in [5.41, 5.74) is 7.27. The molecule has 0 fully saturated rings. The monoisotopic (exact) mass is 242 g/mol. The van der Waals surface area contributed by atoms with Crippen molar-refractivity contribution in [1.29, 1.82) is 0 Å². The summed E-state index contributed by atoms with van der Waals surface area (Å²) in [7, 11) is 0. The van der Waals surface area contributed by atoms with Gasteiger partial charge in [-0.1, -0.05) is 23.2 Å². The van der Waals surface area contributed by atoms with Crippen LogP contribution in [0.25, 0.3) is 0 Å². The molecule has 1 aromatic carbocycles. The average molecular weight is 243 g/mol. The fourth-order valence-corrected chi connectivity index (χ4v) is 1.59. The van der Waals surface area contributed by atoms with Gasteiger partial charge >= 0.3 is 0 Å². The summed E-state index contributed by atoms with van der Waals surface area (Å²) in [6.07, 6.45) is 3.08. The van der Waals surface area contributed by atoms with Gasteiger partial charge < -0.3 is 5.73 Å². The molecule has 0 atom stereocenters. The zero-order valence-electron chi connectivity index (χ0n) is 7.69. The zero-order valence-corrected chi connectivity index (χ0v) is 9.20. The summed E-state index contributed by atoms with van der Waals surface area (Å²) in [5, 5.41) is 4.92. The maximum atomic E-state index is 5.89. The molecule has 2 N–H and O–H groups in total. The number of nitrogen functional groups attached to an aromatic ring is 1. The highest BCUT2D eigenvalue weighted by atomic mass is 35.5. The molecule has 0 bridgehead atoms. The Bertz CT molecular complexity index is 467. The predicted molar refractivity (Wildman–Crippen MR) is 60.0 cm³/mol. The molecule has 0 saturated carbocycles. The van der Waals surface area contributed by atoms with Crippen LogP contribution in [0.3, 0.4) is 0 Å². The van der Waals surface area contributed by atoms with Gasteiger partial charge in [-0.3, -0.25) is 0 Å². The minimum absolute atomic E-state index is 0.455. The van der Waals surface area contributed by atoms with Gasteiger partial charge in [-0.05, 0) is 17.7 Å². The summed E-state index contributed by atoms with van der Waals surface area (Å²) in [5.74, 6) is 0. The molecule has 4 nitrogen and oxygen atoms in total. The molecule has 0 amide bonds. The Morgan fingerprint density at radius 2 is 2.00 bits per heavy atom. The molecule has 0 spiro atoms. The van der Waals surface area contributed by atoms with E-state index in [2.05, 4.69) is 10.1 Å². The molecular weight excluding hydrogens is 235 g/mol. The number of nitrogens with zero attached hydrogens (tertiary/aromatic N) is 3. The van der Waals surface area contributed by atoms with Gasteiger partial charge in [-0.15, -0.1) is 0 Å². The van der Waals surface area contributed by atoms with E-state index in [1.165, 1.54) is 6.33 Å². The number of nitrogens with two attached hydrogens (primary N) is 1. The SMILES string of the molecule is Nc1cc(Cl)c(Cl)cc1Cn1cncn1. The van der Waals surface area contributed by atoms with Crippen molar-refractivity contribution in [3.05, 3.63) is 40.4 Å². The Hall–Kier alpha value is -1.26. The standard InChI is InChI=1S/C9H8Cl2N4/c10-7-1-6(9(12)2-8(7)11)3-15-5-13-4-14-15/h1-2,4-5H,3,12H2. The first-order valence-corrected chi connectivity index (χ1v) is 4.98. The normalized spacial score (nSPS) is 10.5. The Labute approximate surface area is 96.6 Å². The summed E-state index contributed by atoms with van der Waals surface area (Å²) >= 11 is 11.7. The number of aromatic nitrogens is 3. The minimum atomic E-state index is 0.455. The van der Waals surface area contributed by atoms with Crippen LogP contribution in [0, 0.1) is 0 Å². The predicted octanol–water partition coefficient (Wildman–Crippen LogP) is 2.22. The van der Waals surface area contributed by atoms with Gasteiger partial charge in [0.2, 0.25) is 0 Å². The van der Waals surface area contributed by atoms with E-state index >= 15 is 0 Å². The fraction of sp³-hybridized carbons (Fsp3) is 0.111. The summed E-state index contributed by atoms with van der Waals surface area (Å²) < 4.78 is 1.66. The number of hydrogen-bond acceptors (Lipinski definition) is 3. The van der Waals surface area contributed by atoms with E-state index in [1.807, 2.05) is 0 Å². The Kier molecular flexibility index (Phi) is 2.79. The molecule has 0 aliphatic rings. The Balaban J connectivity index is 2.33. The van der Waals surface area contributed by atoms with Crippen LogP contribution in [0.1, 0.15) is 5.56 Å². The molecule has 0 aliphatic carbocycles. The second-order valence-electron chi connectivity index (χ2n) is 3.06. The second-order valence-corrected chi connectivity index (χ2v) is 3.87. The van der Waals surface area contributed by atoms with Crippen molar-refractivity contribution in [2.45, 2.75) is 6.54 Å². The smallest absolute Gasteiger partial charge is 0.137 e. The van der Waals surface area contributed by atoms with Crippen molar-refractivity contribution in [2.24, 2.45) is 0 Å². The molecule has 2 rings (SSSR count). The molecule has 1 heterocycles. The third-order valence-corrected chi connectivity index (χ3v) is 2.70. The largest absolute Gasteiger partial charge is 0.398 e. The van der Waals surface area contributed by atoms with E-state index in [9.17, 15) is 0 Å². The van der Waals surface area contributed by atoms with Gasteiger partial charge in [-0.2, -0.15) is 5.10 Å². The van der Waals surface area contributed by atoms with Crippen molar-refractivity contribution in [2.75, 3.05) is 5.73 Å². The average Bonchev–Trinajstić information content (AvgIpc) is 2.67. The first-order chi connectivity index (χ1) is 7.16. The van der Waals surface area contributed by atoms with E-state index in [1.54, 1.807) is 23.1 Å². The minimum Gasteiger partial charge on any atom is -0.398 e. The maximum Gasteiger partial charge on any atom is 0.137 e. The Morgan fingerprint density at radius 3 is 2.67 bits per heavy atom. The molecule has 2 aromatic rings. The van der Waals surface area contributed by atoms with Crippen LogP contribution in [0.2, 0.25) is 10.0 Å².